The molecular formula is C15H23ClO2. The van der Waals surface area contributed by atoms with E-state index in [1.807, 2.05) is 26.8 Å². The van der Waals surface area contributed by atoms with E-state index in [1.165, 1.54) is 0 Å². The molecule has 1 aromatic carbocycles. The average molecular weight is 271 g/mol. The Morgan fingerprint density at radius 2 is 1.94 bits per heavy atom. The molecule has 2 N–H and O–H groups in total. The summed E-state index contributed by atoms with van der Waals surface area (Å²) in [4.78, 5) is 0. The first-order valence-corrected chi connectivity index (χ1v) is 6.80. The number of phenolic OH excluding ortho intramolecular Hbond substituents is 1. The molecule has 0 saturated heterocycles. The second kappa shape index (κ2) is 5.94. The van der Waals surface area contributed by atoms with E-state index < -0.39 is 5.60 Å². The molecule has 0 aromatic heterocycles. The Balaban J connectivity index is 2.67. The van der Waals surface area contributed by atoms with E-state index in [0.29, 0.717) is 10.8 Å². The first-order chi connectivity index (χ1) is 8.20. The Hall–Kier alpha value is -0.730. The normalized spacial score (nSPS) is 13.7. The largest absolute Gasteiger partial charge is 0.508 e. The number of phenols is 1. The van der Waals surface area contributed by atoms with Crippen molar-refractivity contribution in [3.05, 3.63) is 28.3 Å². The lowest BCUT2D eigenvalue weighted by molar-refractivity contribution is 0.0678. The highest BCUT2D eigenvalue weighted by atomic mass is 35.5. The zero-order valence-electron chi connectivity index (χ0n) is 11.6. The Morgan fingerprint density at radius 3 is 2.50 bits per heavy atom. The number of hydrogen-bond acceptors (Lipinski definition) is 2. The molecule has 0 amide bonds. The molecule has 3 heteroatoms. The number of aryl methyl sites for hydroxylation is 1. The van der Waals surface area contributed by atoms with Crippen molar-refractivity contribution in [2.24, 2.45) is 0 Å². The summed E-state index contributed by atoms with van der Waals surface area (Å²) in [7, 11) is 0. The van der Waals surface area contributed by atoms with Crippen molar-refractivity contribution < 1.29 is 10.2 Å². The van der Waals surface area contributed by atoms with Crippen LogP contribution in [0.1, 0.15) is 57.1 Å². The molecule has 0 radical (unpaired) electrons. The Labute approximate surface area is 115 Å². The first kappa shape index (κ1) is 15.3. The second-order valence-electron chi connectivity index (χ2n) is 5.77. The number of benzene rings is 1. The molecule has 0 aliphatic rings. The van der Waals surface area contributed by atoms with Crippen molar-refractivity contribution >= 4 is 11.6 Å². The Morgan fingerprint density at radius 1 is 1.33 bits per heavy atom. The molecule has 18 heavy (non-hydrogen) atoms. The standard InChI is InChI=1S/C15H23ClO2/c1-10(6-5-7-15(3,4)18)12-9-13(16)11(2)8-14(12)17/h8-10,17-18H,5-7H2,1-4H3. The summed E-state index contributed by atoms with van der Waals surface area (Å²) >= 11 is 6.09. The van der Waals surface area contributed by atoms with Crippen LogP contribution < -0.4 is 0 Å². The van der Waals surface area contributed by atoms with E-state index in [4.69, 9.17) is 11.6 Å². The number of halogens is 1. The molecular weight excluding hydrogens is 248 g/mol. The maximum atomic E-state index is 9.94. The van der Waals surface area contributed by atoms with Crippen LogP contribution >= 0.6 is 11.6 Å². The van der Waals surface area contributed by atoms with Crippen molar-refractivity contribution in [1.82, 2.24) is 0 Å². The van der Waals surface area contributed by atoms with Crippen LogP contribution in [0.3, 0.4) is 0 Å². The third-order valence-corrected chi connectivity index (χ3v) is 3.67. The van der Waals surface area contributed by atoms with Gasteiger partial charge in [0.1, 0.15) is 5.75 Å². The number of hydrogen-bond donors (Lipinski definition) is 2. The molecule has 1 rings (SSSR count). The van der Waals surface area contributed by atoms with Gasteiger partial charge in [-0.05, 0) is 62.8 Å². The Bertz CT molecular complexity index is 408. The molecule has 1 aromatic rings. The van der Waals surface area contributed by atoms with Gasteiger partial charge in [0.15, 0.2) is 0 Å². The lowest BCUT2D eigenvalue weighted by Crippen LogP contribution is -2.18. The topological polar surface area (TPSA) is 40.5 Å². The summed E-state index contributed by atoms with van der Waals surface area (Å²) in [6, 6.07) is 3.56. The molecule has 0 aliphatic carbocycles. The van der Waals surface area contributed by atoms with Gasteiger partial charge in [-0.3, -0.25) is 0 Å². The van der Waals surface area contributed by atoms with Crippen LogP contribution in [0.4, 0.5) is 0 Å². The Kier molecular flexibility index (Phi) is 5.06. The molecule has 0 saturated carbocycles. The molecule has 0 aliphatic heterocycles. The van der Waals surface area contributed by atoms with E-state index in [0.717, 1.165) is 30.4 Å². The lowest BCUT2D eigenvalue weighted by atomic mass is 9.91. The van der Waals surface area contributed by atoms with E-state index in [2.05, 4.69) is 6.92 Å². The number of rotatable bonds is 5. The van der Waals surface area contributed by atoms with Crippen LogP contribution in [0.25, 0.3) is 0 Å². The summed E-state index contributed by atoms with van der Waals surface area (Å²) in [5.41, 5.74) is 1.16. The second-order valence-corrected chi connectivity index (χ2v) is 6.17. The van der Waals surface area contributed by atoms with Crippen LogP contribution in [0.15, 0.2) is 12.1 Å². The fourth-order valence-corrected chi connectivity index (χ4v) is 2.24. The van der Waals surface area contributed by atoms with Crippen molar-refractivity contribution in [3.63, 3.8) is 0 Å². The minimum absolute atomic E-state index is 0.241. The molecule has 1 unspecified atom stereocenters. The van der Waals surface area contributed by atoms with Crippen LogP contribution in [-0.2, 0) is 0 Å². The van der Waals surface area contributed by atoms with Crippen LogP contribution in [0.5, 0.6) is 5.75 Å². The van der Waals surface area contributed by atoms with Crippen molar-refractivity contribution in [2.75, 3.05) is 0 Å². The monoisotopic (exact) mass is 270 g/mol. The minimum Gasteiger partial charge on any atom is -0.508 e. The average Bonchev–Trinajstić information content (AvgIpc) is 2.21. The highest BCUT2D eigenvalue weighted by molar-refractivity contribution is 6.31. The van der Waals surface area contributed by atoms with E-state index in [-0.39, 0.29) is 5.92 Å². The molecule has 2 nitrogen and oxygen atoms in total. The van der Waals surface area contributed by atoms with Crippen molar-refractivity contribution in [1.29, 1.82) is 0 Å². The quantitative estimate of drug-likeness (QED) is 0.833. The van der Waals surface area contributed by atoms with Gasteiger partial charge in [-0.25, -0.2) is 0 Å². The van der Waals surface area contributed by atoms with Crippen molar-refractivity contribution in [3.8, 4) is 5.75 Å². The smallest absolute Gasteiger partial charge is 0.119 e. The van der Waals surface area contributed by atoms with E-state index >= 15 is 0 Å². The van der Waals surface area contributed by atoms with Gasteiger partial charge >= 0.3 is 0 Å². The maximum absolute atomic E-state index is 9.94. The highest BCUT2D eigenvalue weighted by Gasteiger charge is 2.16. The van der Waals surface area contributed by atoms with Crippen molar-refractivity contribution in [2.45, 2.75) is 58.5 Å². The van der Waals surface area contributed by atoms with Gasteiger partial charge < -0.3 is 10.2 Å². The van der Waals surface area contributed by atoms with Gasteiger partial charge in [0, 0.05) is 5.02 Å². The zero-order valence-corrected chi connectivity index (χ0v) is 12.4. The van der Waals surface area contributed by atoms with Crippen LogP contribution in [0.2, 0.25) is 5.02 Å². The van der Waals surface area contributed by atoms with Gasteiger partial charge in [0.25, 0.3) is 0 Å². The minimum atomic E-state index is -0.618. The molecule has 1 atom stereocenters. The summed E-state index contributed by atoms with van der Waals surface area (Å²) in [6.45, 7) is 7.59. The highest BCUT2D eigenvalue weighted by Crippen LogP contribution is 2.34. The summed E-state index contributed by atoms with van der Waals surface area (Å²) < 4.78 is 0. The number of aromatic hydroxyl groups is 1. The lowest BCUT2D eigenvalue weighted by Gasteiger charge is -2.19. The summed E-state index contributed by atoms with van der Waals surface area (Å²) in [5.74, 6) is 0.554. The van der Waals surface area contributed by atoms with Gasteiger partial charge in [-0.1, -0.05) is 24.9 Å². The van der Waals surface area contributed by atoms with Crippen LogP contribution in [-0.4, -0.2) is 15.8 Å². The van der Waals surface area contributed by atoms with E-state index in [1.54, 1.807) is 6.07 Å². The SMILES string of the molecule is Cc1cc(O)c(C(C)CCCC(C)(C)O)cc1Cl. The van der Waals surface area contributed by atoms with E-state index in [9.17, 15) is 10.2 Å². The predicted octanol–water partition coefficient (Wildman–Crippen LogP) is 4.40. The molecule has 0 heterocycles. The maximum Gasteiger partial charge on any atom is 0.119 e. The molecule has 102 valence electrons. The van der Waals surface area contributed by atoms with Gasteiger partial charge in [0.2, 0.25) is 0 Å². The summed E-state index contributed by atoms with van der Waals surface area (Å²) in [6.07, 6.45) is 2.62. The van der Waals surface area contributed by atoms with Gasteiger partial charge in [0.05, 0.1) is 5.60 Å². The molecule has 0 spiro atoms. The van der Waals surface area contributed by atoms with Crippen LogP contribution in [0, 0.1) is 6.92 Å². The van der Waals surface area contributed by atoms with Gasteiger partial charge in [-0.15, -0.1) is 0 Å². The fraction of sp³-hybridized carbons (Fsp3) is 0.600. The molecule has 0 bridgehead atoms. The third kappa shape index (κ3) is 4.51. The predicted molar refractivity (Wildman–Crippen MR) is 76.4 cm³/mol. The molecule has 0 fully saturated rings. The first-order valence-electron chi connectivity index (χ1n) is 6.42. The zero-order chi connectivity index (χ0) is 13.9. The van der Waals surface area contributed by atoms with Gasteiger partial charge in [-0.2, -0.15) is 0 Å². The summed E-state index contributed by atoms with van der Waals surface area (Å²) in [5, 5.41) is 20.3. The fourth-order valence-electron chi connectivity index (χ4n) is 2.07. The third-order valence-electron chi connectivity index (χ3n) is 3.26. The number of aliphatic hydroxyl groups is 1.